The van der Waals surface area contributed by atoms with E-state index in [1.807, 2.05) is 18.2 Å². The minimum atomic E-state index is -0.248. The third-order valence-electron chi connectivity index (χ3n) is 5.64. The highest BCUT2D eigenvalue weighted by Crippen LogP contribution is 2.23. The summed E-state index contributed by atoms with van der Waals surface area (Å²) in [5.41, 5.74) is 2.47. The van der Waals surface area contributed by atoms with Gasteiger partial charge in [-0.1, -0.05) is 12.1 Å². The Labute approximate surface area is 160 Å². The molecule has 1 aliphatic carbocycles. The van der Waals surface area contributed by atoms with Crippen molar-refractivity contribution >= 4 is 16.9 Å². The number of nitrogens with zero attached hydrogens (tertiary/aromatic N) is 4. The van der Waals surface area contributed by atoms with E-state index in [4.69, 9.17) is 4.74 Å². The van der Waals surface area contributed by atoms with Crippen LogP contribution in [0.1, 0.15) is 23.7 Å². The number of rotatable bonds is 3. The lowest BCUT2D eigenvalue weighted by Crippen LogP contribution is -2.39. The maximum Gasteiger partial charge on any atom is 0.267 e. The fraction of sp³-hybridized carbons (Fsp3) is 0.400. The number of hydrogen-bond acceptors (Lipinski definition) is 6. The zero-order chi connectivity index (χ0) is 19.3. The molecule has 2 unspecified atom stereocenters. The molecule has 1 fully saturated rings. The van der Waals surface area contributed by atoms with Gasteiger partial charge in [0.05, 0.1) is 35.9 Å². The molecule has 3 aromatic rings. The van der Waals surface area contributed by atoms with Crippen LogP contribution in [-0.4, -0.2) is 38.6 Å². The van der Waals surface area contributed by atoms with Crippen LogP contribution in [0.25, 0.3) is 10.9 Å². The summed E-state index contributed by atoms with van der Waals surface area (Å²) in [6, 6.07) is 8.51. The summed E-state index contributed by atoms with van der Waals surface area (Å²) < 4.78 is 8.68. The predicted octanol–water partition coefficient (Wildman–Crippen LogP) is 1.03. The van der Waals surface area contributed by atoms with Crippen LogP contribution in [0.15, 0.2) is 39.9 Å². The van der Waals surface area contributed by atoms with Crippen LogP contribution < -0.4 is 16.4 Å². The molecule has 1 aliphatic heterocycles. The zero-order valence-electron chi connectivity index (χ0n) is 15.6. The molecule has 2 aromatic heterocycles. The maximum absolute atomic E-state index is 12.6. The van der Waals surface area contributed by atoms with Gasteiger partial charge in [0.25, 0.3) is 11.1 Å². The normalized spacial score (nSPS) is 21.2. The first-order chi connectivity index (χ1) is 13.6. The molecule has 144 valence electrons. The lowest BCUT2D eigenvalue weighted by Gasteiger charge is -2.22. The van der Waals surface area contributed by atoms with Crippen LogP contribution in [-0.2, 0) is 24.6 Å². The van der Waals surface area contributed by atoms with Gasteiger partial charge in [-0.2, -0.15) is 5.10 Å². The summed E-state index contributed by atoms with van der Waals surface area (Å²) in [7, 11) is 1.69. The van der Waals surface area contributed by atoms with Crippen LogP contribution in [0.3, 0.4) is 0 Å². The molecule has 0 saturated carbocycles. The molecule has 0 bridgehead atoms. The second kappa shape index (κ2) is 6.56. The van der Waals surface area contributed by atoms with Crippen LogP contribution >= 0.6 is 0 Å². The Bertz CT molecular complexity index is 1180. The molecule has 2 aliphatic rings. The van der Waals surface area contributed by atoms with Crippen molar-refractivity contribution in [1.82, 2.24) is 19.3 Å². The Morgan fingerprint density at radius 3 is 2.93 bits per heavy atom. The van der Waals surface area contributed by atoms with E-state index in [2.05, 4.69) is 15.4 Å². The average molecular weight is 379 g/mol. The summed E-state index contributed by atoms with van der Waals surface area (Å²) in [4.78, 5) is 29.8. The van der Waals surface area contributed by atoms with E-state index in [0.717, 1.165) is 30.5 Å². The molecule has 1 aromatic carbocycles. The van der Waals surface area contributed by atoms with Gasteiger partial charge >= 0.3 is 0 Å². The van der Waals surface area contributed by atoms with Gasteiger partial charge in [0.15, 0.2) is 0 Å². The SMILES string of the molecule is Cn1c(NC2COCC2n2nc3c(cc2=O)CCC3)nc2ccccc2c1=O. The van der Waals surface area contributed by atoms with Gasteiger partial charge in [-0.15, -0.1) is 0 Å². The Morgan fingerprint density at radius 1 is 1.18 bits per heavy atom. The number of ether oxygens (including phenoxy) is 1. The number of anilines is 1. The molecular formula is C20H21N5O3. The fourth-order valence-electron chi connectivity index (χ4n) is 4.09. The number of aryl methyl sites for hydroxylation is 2. The Kier molecular flexibility index (Phi) is 4.01. The molecule has 5 rings (SSSR count). The first kappa shape index (κ1) is 17.1. The second-order valence-electron chi connectivity index (χ2n) is 7.42. The number of aromatic nitrogens is 4. The predicted molar refractivity (Wildman–Crippen MR) is 105 cm³/mol. The number of hydrogen-bond donors (Lipinski definition) is 1. The lowest BCUT2D eigenvalue weighted by molar-refractivity contribution is 0.182. The number of para-hydroxylation sites is 1. The van der Waals surface area contributed by atoms with E-state index >= 15 is 0 Å². The molecule has 8 nitrogen and oxygen atoms in total. The topological polar surface area (TPSA) is 91.0 Å². The molecule has 0 amide bonds. The van der Waals surface area contributed by atoms with E-state index in [-0.39, 0.29) is 23.2 Å². The standard InChI is InChI=1S/C20H21N5O3/c1-24-19(27)13-6-2-3-7-15(13)21-20(24)22-16-10-28-11-17(16)25-18(26)9-12-5-4-8-14(12)23-25/h2-3,6-7,9,16-17H,4-5,8,10-11H2,1H3,(H,21,22). The summed E-state index contributed by atoms with van der Waals surface area (Å²) in [5, 5.41) is 8.50. The maximum atomic E-state index is 12.6. The first-order valence-electron chi connectivity index (χ1n) is 9.53. The van der Waals surface area contributed by atoms with Crippen LogP contribution in [0.2, 0.25) is 0 Å². The molecular weight excluding hydrogens is 358 g/mol. The highest BCUT2D eigenvalue weighted by atomic mass is 16.5. The summed E-state index contributed by atoms with van der Waals surface area (Å²) in [6.07, 6.45) is 2.87. The second-order valence-corrected chi connectivity index (χ2v) is 7.42. The van der Waals surface area contributed by atoms with Crippen molar-refractivity contribution in [2.45, 2.75) is 31.3 Å². The van der Waals surface area contributed by atoms with Gasteiger partial charge in [-0.05, 0) is 37.0 Å². The van der Waals surface area contributed by atoms with Crippen molar-refractivity contribution in [3.8, 4) is 0 Å². The third kappa shape index (κ3) is 2.72. The van der Waals surface area contributed by atoms with Gasteiger partial charge in [0.2, 0.25) is 5.95 Å². The van der Waals surface area contributed by atoms with Crippen molar-refractivity contribution in [3.63, 3.8) is 0 Å². The molecule has 28 heavy (non-hydrogen) atoms. The lowest BCUT2D eigenvalue weighted by atomic mass is 10.1. The van der Waals surface area contributed by atoms with Gasteiger partial charge in [0.1, 0.15) is 6.04 Å². The molecule has 8 heteroatoms. The van der Waals surface area contributed by atoms with Crippen molar-refractivity contribution in [2.24, 2.45) is 7.05 Å². The van der Waals surface area contributed by atoms with Crippen LogP contribution in [0.5, 0.6) is 0 Å². The van der Waals surface area contributed by atoms with E-state index < -0.39 is 0 Å². The van der Waals surface area contributed by atoms with E-state index in [1.54, 1.807) is 19.2 Å². The number of nitrogens with one attached hydrogen (secondary N) is 1. The molecule has 0 spiro atoms. The largest absolute Gasteiger partial charge is 0.377 e. The van der Waals surface area contributed by atoms with Gasteiger partial charge in [0, 0.05) is 13.1 Å². The molecule has 2 atom stereocenters. The summed E-state index contributed by atoms with van der Waals surface area (Å²) >= 11 is 0. The monoisotopic (exact) mass is 379 g/mol. The van der Waals surface area contributed by atoms with Crippen molar-refractivity contribution < 1.29 is 4.74 Å². The zero-order valence-corrected chi connectivity index (χ0v) is 15.6. The average Bonchev–Trinajstić information content (AvgIpc) is 3.34. The van der Waals surface area contributed by atoms with Gasteiger partial charge < -0.3 is 10.1 Å². The van der Waals surface area contributed by atoms with Gasteiger partial charge in [-0.3, -0.25) is 14.2 Å². The minimum absolute atomic E-state index is 0.108. The Hall–Kier alpha value is -3.00. The van der Waals surface area contributed by atoms with E-state index in [1.165, 1.54) is 9.25 Å². The molecule has 3 heterocycles. The summed E-state index contributed by atoms with van der Waals surface area (Å²) in [5.74, 6) is 0.457. The van der Waals surface area contributed by atoms with Crippen LogP contribution in [0, 0.1) is 0 Å². The minimum Gasteiger partial charge on any atom is -0.377 e. The van der Waals surface area contributed by atoms with E-state index in [0.29, 0.717) is 30.1 Å². The number of fused-ring (bicyclic) bond motifs is 2. The molecule has 1 N–H and O–H groups in total. The highest BCUT2D eigenvalue weighted by molar-refractivity contribution is 5.78. The Balaban J connectivity index is 1.51. The molecule has 1 saturated heterocycles. The van der Waals surface area contributed by atoms with Crippen LogP contribution in [0.4, 0.5) is 5.95 Å². The quantitative estimate of drug-likeness (QED) is 0.731. The van der Waals surface area contributed by atoms with E-state index in [9.17, 15) is 9.59 Å². The fourth-order valence-corrected chi connectivity index (χ4v) is 4.09. The third-order valence-corrected chi connectivity index (χ3v) is 5.64. The molecule has 0 radical (unpaired) electrons. The highest BCUT2D eigenvalue weighted by Gasteiger charge is 2.33. The summed E-state index contributed by atoms with van der Waals surface area (Å²) in [6.45, 7) is 0.809. The first-order valence-corrected chi connectivity index (χ1v) is 9.53. The van der Waals surface area contributed by atoms with Crippen molar-refractivity contribution in [1.29, 1.82) is 0 Å². The smallest absolute Gasteiger partial charge is 0.267 e. The van der Waals surface area contributed by atoms with Gasteiger partial charge in [-0.25, -0.2) is 9.67 Å². The number of benzene rings is 1. The van der Waals surface area contributed by atoms with Crippen molar-refractivity contribution in [2.75, 3.05) is 18.5 Å². The Morgan fingerprint density at radius 2 is 2.04 bits per heavy atom. The van der Waals surface area contributed by atoms with Crippen molar-refractivity contribution in [3.05, 3.63) is 62.3 Å².